The molecule has 9 heteroatoms. The summed E-state index contributed by atoms with van der Waals surface area (Å²) in [4.78, 5) is 20.3. The van der Waals surface area contributed by atoms with Gasteiger partial charge in [0.15, 0.2) is 5.17 Å². The number of amides is 1. The van der Waals surface area contributed by atoms with Crippen molar-refractivity contribution >= 4 is 95.3 Å². The molecular formula is C25H14Br2Cl2N2O2S. The van der Waals surface area contributed by atoms with Gasteiger partial charge in [0.05, 0.1) is 20.8 Å². The zero-order chi connectivity index (χ0) is 24.2. The molecule has 0 spiro atoms. The lowest BCUT2D eigenvalue weighted by Crippen LogP contribution is -2.28. The van der Waals surface area contributed by atoms with Crippen LogP contribution in [0.3, 0.4) is 0 Å². The SMILES string of the molecule is C#CCOc1c(Br)cc(Br)cc1/C=C1\SC(=Nc2ccc(Cl)cc2)N(c2ccc(Cl)cc2)C1=O. The third-order valence-corrected chi connectivity index (χ3v) is 7.09. The van der Waals surface area contributed by atoms with Crippen LogP contribution in [0.5, 0.6) is 5.75 Å². The quantitative estimate of drug-likeness (QED) is 0.209. The van der Waals surface area contributed by atoms with Gasteiger partial charge in [0.25, 0.3) is 5.91 Å². The van der Waals surface area contributed by atoms with Gasteiger partial charge in [0.1, 0.15) is 12.4 Å². The molecule has 3 aromatic rings. The Morgan fingerprint density at radius 1 is 1.06 bits per heavy atom. The topological polar surface area (TPSA) is 41.9 Å². The van der Waals surface area contributed by atoms with Crippen LogP contribution < -0.4 is 9.64 Å². The molecule has 1 fully saturated rings. The highest BCUT2D eigenvalue weighted by molar-refractivity contribution is 9.11. The van der Waals surface area contributed by atoms with Crippen molar-refractivity contribution in [1.82, 2.24) is 0 Å². The van der Waals surface area contributed by atoms with Gasteiger partial charge in [-0.15, -0.1) is 6.42 Å². The molecule has 0 aromatic heterocycles. The molecule has 0 unspecified atom stereocenters. The monoisotopic (exact) mass is 634 g/mol. The molecule has 0 saturated carbocycles. The molecule has 1 saturated heterocycles. The number of nitrogens with zero attached hydrogens (tertiary/aromatic N) is 2. The highest BCUT2D eigenvalue weighted by Crippen LogP contribution is 2.40. The van der Waals surface area contributed by atoms with E-state index in [9.17, 15) is 4.79 Å². The van der Waals surface area contributed by atoms with Crippen LogP contribution in [0.25, 0.3) is 6.08 Å². The minimum Gasteiger partial charge on any atom is -0.479 e. The van der Waals surface area contributed by atoms with Crippen LogP contribution in [0, 0.1) is 12.3 Å². The minimum absolute atomic E-state index is 0.0949. The average Bonchev–Trinajstić information content (AvgIpc) is 3.10. The summed E-state index contributed by atoms with van der Waals surface area (Å²) in [6.45, 7) is 0.0949. The van der Waals surface area contributed by atoms with E-state index in [4.69, 9.17) is 39.4 Å². The first-order chi connectivity index (χ1) is 16.4. The minimum atomic E-state index is -0.223. The zero-order valence-corrected chi connectivity index (χ0v) is 22.8. The van der Waals surface area contributed by atoms with E-state index in [0.717, 1.165) is 4.47 Å². The van der Waals surface area contributed by atoms with Crippen molar-refractivity contribution in [3.63, 3.8) is 0 Å². The van der Waals surface area contributed by atoms with Gasteiger partial charge < -0.3 is 4.74 Å². The van der Waals surface area contributed by atoms with E-state index in [-0.39, 0.29) is 12.5 Å². The van der Waals surface area contributed by atoms with Crippen molar-refractivity contribution in [2.45, 2.75) is 0 Å². The number of benzene rings is 3. The second-order valence-electron chi connectivity index (χ2n) is 6.90. The summed E-state index contributed by atoms with van der Waals surface area (Å²) >= 11 is 20.3. The van der Waals surface area contributed by atoms with E-state index in [1.165, 1.54) is 11.8 Å². The van der Waals surface area contributed by atoms with E-state index in [1.54, 1.807) is 59.5 Å². The maximum absolute atomic E-state index is 13.6. The van der Waals surface area contributed by atoms with Crippen molar-refractivity contribution in [3.8, 4) is 18.1 Å². The number of anilines is 1. The van der Waals surface area contributed by atoms with Gasteiger partial charge in [-0.25, -0.2) is 4.99 Å². The number of thioether (sulfide) groups is 1. The predicted molar refractivity (Wildman–Crippen MR) is 149 cm³/mol. The van der Waals surface area contributed by atoms with Crippen LogP contribution >= 0.6 is 66.8 Å². The van der Waals surface area contributed by atoms with Gasteiger partial charge in [-0.2, -0.15) is 0 Å². The molecule has 0 atom stereocenters. The van der Waals surface area contributed by atoms with E-state index in [1.807, 2.05) is 12.1 Å². The average molecular weight is 637 g/mol. The number of terminal acetylenes is 1. The number of amidine groups is 1. The maximum Gasteiger partial charge on any atom is 0.271 e. The normalized spacial score (nSPS) is 15.7. The third kappa shape index (κ3) is 5.70. The van der Waals surface area contributed by atoms with Crippen LogP contribution in [0.15, 0.2) is 79.5 Å². The van der Waals surface area contributed by atoms with Gasteiger partial charge in [-0.1, -0.05) is 45.1 Å². The van der Waals surface area contributed by atoms with Crippen LogP contribution in [0.1, 0.15) is 5.56 Å². The predicted octanol–water partition coefficient (Wildman–Crippen LogP) is 8.34. The fraction of sp³-hybridized carbons (Fsp3) is 0.0400. The highest BCUT2D eigenvalue weighted by atomic mass is 79.9. The molecule has 170 valence electrons. The Morgan fingerprint density at radius 3 is 2.35 bits per heavy atom. The lowest BCUT2D eigenvalue weighted by Gasteiger charge is -2.15. The fourth-order valence-corrected chi connectivity index (χ4v) is 5.70. The summed E-state index contributed by atoms with van der Waals surface area (Å²) in [5.41, 5.74) is 2.01. The number of halogens is 4. The second kappa shape index (κ2) is 11.0. The summed E-state index contributed by atoms with van der Waals surface area (Å²) in [5, 5.41) is 1.68. The zero-order valence-electron chi connectivity index (χ0n) is 17.3. The Balaban J connectivity index is 1.80. The van der Waals surface area contributed by atoms with Gasteiger partial charge in [-0.3, -0.25) is 9.69 Å². The first kappa shape index (κ1) is 24.9. The number of carbonyl (C=O) groups excluding carboxylic acids is 1. The Kier molecular flexibility index (Phi) is 8.07. The van der Waals surface area contributed by atoms with Crippen LogP contribution in [0.2, 0.25) is 10.0 Å². The number of carbonyl (C=O) groups is 1. The van der Waals surface area contributed by atoms with E-state index in [2.05, 4.69) is 37.8 Å². The first-order valence-electron chi connectivity index (χ1n) is 9.75. The molecule has 4 nitrogen and oxygen atoms in total. The summed E-state index contributed by atoms with van der Waals surface area (Å²) < 4.78 is 7.27. The largest absolute Gasteiger partial charge is 0.479 e. The number of hydrogen-bond acceptors (Lipinski definition) is 4. The molecule has 0 radical (unpaired) electrons. The molecule has 3 aromatic carbocycles. The Hall–Kier alpha value is -2.21. The molecule has 34 heavy (non-hydrogen) atoms. The van der Waals surface area contributed by atoms with Gasteiger partial charge in [0.2, 0.25) is 0 Å². The molecule has 0 aliphatic carbocycles. The van der Waals surface area contributed by atoms with Gasteiger partial charge in [-0.05, 0) is 94.4 Å². The van der Waals surface area contributed by atoms with Crippen LogP contribution in [-0.2, 0) is 4.79 Å². The molecule has 0 bridgehead atoms. The van der Waals surface area contributed by atoms with E-state index < -0.39 is 0 Å². The number of ether oxygens (including phenoxy) is 1. The van der Waals surface area contributed by atoms with Crippen molar-refractivity contribution in [2.75, 3.05) is 11.5 Å². The molecule has 1 amide bonds. The summed E-state index contributed by atoms with van der Waals surface area (Å²) in [6.07, 6.45) is 7.14. The maximum atomic E-state index is 13.6. The molecule has 4 rings (SSSR count). The number of hydrogen-bond donors (Lipinski definition) is 0. The number of rotatable bonds is 5. The number of aliphatic imine (C=N–C) groups is 1. The molecular weight excluding hydrogens is 623 g/mol. The smallest absolute Gasteiger partial charge is 0.271 e. The third-order valence-electron chi connectivity index (χ3n) is 4.57. The van der Waals surface area contributed by atoms with Crippen molar-refractivity contribution in [2.24, 2.45) is 4.99 Å². The van der Waals surface area contributed by atoms with Gasteiger partial charge in [0, 0.05) is 20.1 Å². The van der Waals surface area contributed by atoms with Crippen molar-refractivity contribution in [3.05, 3.63) is 90.1 Å². The molecule has 1 aliphatic heterocycles. The van der Waals surface area contributed by atoms with E-state index in [0.29, 0.717) is 47.3 Å². The Labute approximate surface area is 228 Å². The Bertz CT molecular complexity index is 1350. The first-order valence-corrected chi connectivity index (χ1v) is 12.9. The lowest BCUT2D eigenvalue weighted by atomic mass is 10.2. The van der Waals surface area contributed by atoms with Gasteiger partial charge >= 0.3 is 0 Å². The lowest BCUT2D eigenvalue weighted by molar-refractivity contribution is -0.113. The molecule has 1 heterocycles. The standard InChI is InChI=1S/C25H14Br2Cl2N2O2S/c1-2-11-33-23-15(12-16(26)14-21(23)27)13-22-24(32)31(20-9-5-18(29)6-10-20)25(34-22)30-19-7-3-17(28)4-8-19/h1,3-10,12-14H,11H2/b22-13-,30-25?. The molecule has 0 N–H and O–H groups in total. The van der Waals surface area contributed by atoms with Crippen LogP contribution in [-0.4, -0.2) is 17.7 Å². The fourth-order valence-electron chi connectivity index (χ4n) is 3.09. The summed E-state index contributed by atoms with van der Waals surface area (Å²) in [5.74, 6) is 2.79. The van der Waals surface area contributed by atoms with Crippen molar-refractivity contribution in [1.29, 1.82) is 0 Å². The summed E-state index contributed by atoms with van der Waals surface area (Å²) in [6, 6.07) is 17.8. The Morgan fingerprint density at radius 2 is 1.71 bits per heavy atom. The highest BCUT2D eigenvalue weighted by Gasteiger charge is 2.35. The van der Waals surface area contributed by atoms with E-state index >= 15 is 0 Å². The molecule has 1 aliphatic rings. The van der Waals surface area contributed by atoms with Crippen LogP contribution in [0.4, 0.5) is 11.4 Å². The van der Waals surface area contributed by atoms with Crippen molar-refractivity contribution < 1.29 is 9.53 Å². The second-order valence-corrected chi connectivity index (χ2v) is 10.5. The summed E-state index contributed by atoms with van der Waals surface area (Å²) in [7, 11) is 0.